The molecule has 29 heavy (non-hydrogen) atoms. The average molecular weight is 413 g/mol. The number of nitrogens with one attached hydrogen (secondary N) is 1. The SMILES string of the molecule is CCc1ccc(OCCCOc2ccc(/C=C3\SC(=O)NC3=O)cc2OC)cc1. The molecule has 1 aliphatic rings. The van der Waals surface area contributed by atoms with Gasteiger partial charge in [-0.05, 0) is 59.7 Å². The maximum absolute atomic E-state index is 11.7. The first kappa shape index (κ1) is 20.8. The minimum Gasteiger partial charge on any atom is -0.493 e. The second-order valence-corrected chi connectivity index (χ2v) is 7.33. The molecule has 0 spiro atoms. The van der Waals surface area contributed by atoms with Crippen molar-refractivity contribution in [2.24, 2.45) is 0 Å². The van der Waals surface area contributed by atoms with Gasteiger partial charge in [0.2, 0.25) is 0 Å². The number of benzene rings is 2. The Labute approximate surface area is 174 Å². The summed E-state index contributed by atoms with van der Waals surface area (Å²) in [5, 5.41) is 1.87. The third-order valence-corrected chi connectivity index (χ3v) is 5.08. The van der Waals surface area contributed by atoms with Crippen LogP contribution < -0.4 is 19.5 Å². The summed E-state index contributed by atoms with van der Waals surface area (Å²) in [5.41, 5.74) is 2.03. The number of imide groups is 1. The average Bonchev–Trinajstić information content (AvgIpc) is 3.05. The number of aryl methyl sites for hydroxylation is 1. The molecule has 152 valence electrons. The fraction of sp³-hybridized carbons (Fsp3) is 0.273. The number of hydrogen-bond acceptors (Lipinski definition) is 6. The Morgan fingerprint density at radius 3 is 2.41 bits per heavy atom. The van der Waals surface area contributed by atoms with Crippen LogP contribution in [0, 0.1) is 0 Å². The van der Waals surface area contributed by atoms with Crippen LogP contribution in [-0.4, -0.2) is 31.5 Å². The van der Waals surface area contributed by atoms with Crippen LogP contribution >= 0.6 is 11.8 Å². The first-order valence-electron chi connectivity index (χ1n) is 9.36. The molecule has 2 aromatic carbocycles. The molecule has 6 nitrogen and oxygen atoms in total. The molecular formula is C22H23NO5S. The largest absolute Gasteiger partial charge is 0.493 e. The molecule has 0 bridgehead atoms. The van der Waals surface area contributed by atoms with E-state index >= 15 is 0 Å². The molecule has 0 aromatic heterocycles. The molecule has 0 saturated carbocycles. The van der Waals surface area contributed by atoms with E-state index in [2.05, 4.69) is 24.4 Å². The molecule has 0 radical (unpaired) electrons. The highest BCUT2D eigenvalue weighted by Gasteiger charge is 2.25. The van der Waals surface area contributed by atoms with E-state index in [1.54, 1.807) is 25.3 Å². The van der Waals surface area contributed by atoms with E-state index < -0.39 is 0 Å². The molecule has 7 heteroatoms. The van der Waals surface area contributed by atoms with Crippen molar-refractivity contribution < 1.29 is 23.8 Å². The van der Waals surface area contributed by atoms with Crippen molar-refractivity contribution in [3.05, 3.63) is 58.5 Å². The number of rotatable bonds is 9. The lowest BCUT2D eigenvalue weighted by Crippen LogP contribution is -2.17. The second kappa shape index (κ2) is 10.0. The first-order valence-corrected chi connectivity index (χ1v) is 10.2. The van der Waals surface area contributed by atoms with Gasteiger partial charge in [-0.3, -0.25) is 14.9 Å². The number of amides is 2. The maximum Gasteiger partial charge on any atom is 0.290 e. The normalized spacial score (nSPS) is 14.8. The van der Waals surface area contributed by atoms with E-state index in [4.69, 9.17) is 14.2 Å². The van der Waals surface area contributed by atoms with Gasteiger partial charge < -0.3 is 14.2 Å². The van der Waals surface area contributed by atoms with Gasteiger partial charge in [0.05, 0.1) is 25.2 Å². The highest BCUT2D eigenvalue weighted by molar-refractivity contribution is 8.18. The third-order valence-electron chi connectivity index (χ3n) is 4.27. The number of carbonyl (C=O) groups excluding carboxylic acids is 2. The Balaban J connectivity index is 1.51. The molecule has 1 heterocycles. The zero-order chi connectivity index (χ0) is 20.6. The molecule has 1 fully saturated rings. The topological polar surface area (TPSA) is 73.9 Å². The van der Waals surface area contributed by atoms with Crippen LogP contribution in [0.2, 0.25) is 0 Å². The Kier molecular flexibility index (Phi) is 7.19. The number of carbonyl (C=O) groups is 2. The van der Waals surface area contributed by atoms with Crippen molar-refractivity contribution in [2.45, 2.75) is 19.8 Å². The summed E-state index contributed by atoms with van der Waals surface area (Å²) in [4.78, 5) is 23.3. The lowest BCUT2D eigenvalue weighted by Gasteiger charge is -2.12. The lowest BCUT2D eigenvalue weighted by molar-refractivity contribution is -0.115. The second-order valence-electron chi connectivity index (χ2n) is 6.31. The van der Waals surface area contributed by atoms with E-state index in [1.165, 1.54) is 5.56 Å². The van der Waals surface area contributed by atoms with Crippen molar-refractivity contribution in [3.8, 4) is 17.2 Å². The van der Waals surface area contributed by atoms with Crippen LogP contribution in [0.3, 0.4) is 0 Å². The summed E-state index contributed by atoms with van der Waals surface area (Å²) in [6, 6.07) is 13.5. The molecular weight excluding hydrogens is 390 g/mol. The van der Waals surface area contributed by atoms with E-state index in [-0.39, 0.29) is 11.1 Å². The number of thioether (sulfide) groups is 1. The molecule has 2 amide bonds. The predicted octanol–water partition coefficient (Wildman–Crippen LogP) is 4.43. The Hall–Kier alpha value is -2.93. The van der Waals surface area contributed by atoms with E-state index in [0.717, 1.165) is 35.9 Å². The van der Waals surface area contributed by atoms with Gasteiger partial charge in [0, 0.05) is 6.42 Å². The predicted molar refractivity (Wildman–Crippen MR) is 114 cm³/mol. The molecule has 1 saturated heterocycles. The molecule has 1 N–H and O–H groups in total. The highest BCUT2D eigenvalue weighted by Crippen LogP contribution is 2.31. The van der Waals surface area contributed by atoms with Crippen LogP contribution in [0.25, 0.3) is 6.08 Å². The van der Waals surface area contributed by atoms with Crippen molar-refractivity contribution >= 4 is 29.0 Å². The van der Waals surface area contributed by atoms with E-state index in [0.29, 0.717) is 29.6 Å². The minimum absolute atomic E-state index is 0.356. The van der Waals surface area contributed by atoms with Crippen LogP contribution in [-0.2, 0) is 11.2 Å². The van der Waals surface area contributed by atoms with Gasteiger partial charge in [-0.2, -0.15) is 0 Å². The van der Waals surface area contributed by atoms with Crippen LogP contribution in [0.15, 0.2) is 47.4 Å². The van der Waals surface area contributed by atoms with E-state index in [1.807, 2.05) is 18.2 Å². The third kappa shape index (κ3) is 5.77. The molecule has 0 aliphatic carbocycles. The number of methoxy groups -OCH3 is 1. The van der Waals surface area contributed by atoms with Gasteiger partial charge in [0.1, 0.15) is 5.75 Å². The minimum atomic E-state index is -0.386. The Morgan fingerprint density at radius 1 is 1.00 bits per heavy atom. The van der Waals surface area contributed by atoms with Crippen molar-refractivity contribution in [1.29, 1.82) is 0 Å². The van der Waals surface area contributed by atoms with Crippen molar-refractivity contribution in [2.75, 3.05) is 20.3 Å². The summed E-state index contributed by atoms with van der Waals surface area (Å²) in [5.74, 6) is 1.64. The van der Waals surface area contributed by atoms with Gasteiger partial charge in [0.15, 0.2) is 11.5 Å². The highest BCUT2D eigenvalue weighted by atomic mass is 32.2. The fourth-order valence-corrected chi connectivity index (χ4v) is 3.40. The summed E-state index contributed by atoms with van der Waals surface area (Å²) in [6.45, 7) is 3.16. The van der Waals surface area contributed by atoms with Gasteiger partial charge in [0.25, 0.3) is 11.1 Å². The summed E-state index contributed by atoms with van der Waals surface area (Å²) < 4.78 is 16.9. The zero-order valence-corrected chi connectivity index (χ0v) is 17.2. The van der Waals surface area contributed by atoms with Crippen molar-refractivity contribution in [1.82, 2.24) is 5.32 Å². The summed E-state index contributed by atoms with van der Waals surface area (Å²) in [7, 11) is 1.56. The number of ether oxygens (including phenoxy) is 3. The quantitative estimate of drug-likeness (QED) is 0.484. The van der Waals surface area contributed by atoms with Gasteiger partial charge in [-0.25, -0.2) is 0 Å². The maximum atomic E-state index is 11.7. The smallest absolute Gasteiger partial charge is 0.290 e. The molecule has 0 atom stereocenters. The van der Waals surface area contributed by atoms with Gasteiger partial charge in [-0.1, -0.05) is 25.1 Å². The molecule has 3 rings (SSSR count). The fourth-order valence-electron chi connectivity index (χ4n) is 2.72. The molecule has 2 aromatic rings. The standard InChI is InChI=1S/C22H23NO5S/c1-3-15-5-8-17(9-6-15)27-11-4-12-28-18-10-7-16(13-19(18)26-2)14-20-21(24)23-22(25)29-20/h5-10,13-14H,3-4,11-12H2,1-2H3,(H,23,24,25)/b20-14-. The lowest BCUT2D eigenvalue weighted by atomic mass is 10.2. The van der Waals surface area contributed by atoms with Crippen LogP contribution in [0.5, 0.6) is 17.2 Å². The van der Waals surface area contributed by atoms with Gasteiger partial charge >= 0.3 is 0 Å². The zero-order valence-electron chi connectivity index (χ0n) is 16.4. The molecule has 0 unspecified atom stereocenters. The van der Waals surface area contributed by atoms with Crippen LogP contribution in [0.4, 0.5) is 4.79 Å². The summed E-state index contributed by atoms with van der Waals surface area (Å²) in [6.07, 6.45) is 3.38. The van der Waals surface area contributed by atoms with E-state index in [9.17, 15) is 9.59 Å². The summed E-state index contributed by atoms with van der Waals surface area (Å²) >= 11 is 0.881. The Bertz CT molecular complexity index is 908. The van der Waals surface area contributed by atoms with Gasteiger partial charge in [-0.15, -0.1) is 0 Å². The monoisotopic (exact) mass is 413 g/mol. The first-order chi connectivity index (χ1) is 14.1. The van der Waals surface area contributed by atoms with Crippen molar-refractivity contribution in [3.63, 3.8) is 0 Å². The Morgan fingerprint density at radius 2 is 1.76 bits per heavy atom. The van der Waals surface area contributed by atoms with Crippen LogP contribution in [0.1, 0.15) is 24.5 Å². The molecule has 1 aliphatic heterocycles. The number of hydrogen-bond donors (Lipinski definition) is 1.